The normalized spacial score (nSPS) is 23.8. The smallest absolute Gasteiger partial charge is 0.126 e. The standard InChI is InChI=1S/C10H13NO/c1-2-10(12-7-1)4-3-9-5-6-11-8-9/h1-4,7,9,11H,5-6,8H2/b4-3+. The number of furan rings is 1. The van der Waals surface area contributed by atoms with Gasteiger partial charge >= 0.3 is 0 Å². The lowest BCUT2D eigenvalue weighted by Crippen LogP contribution is -2.07. The van der Waals surface area contributed by atoms with Gasteiger partial charge < -0.3 is 9.73 Å². The molecule has 1 fully saturated rings. The second kappa shape index (κ2) is 3.59. The quantitative estimate of drug-likeness (QED) is 0.720. The summed E-state index contributed by atoms with van der Waals surface area (Å²) in [6.45, 7) is 2.25. The van der Waals surface area contributed by atoms with Crippen LogP contribution in [-0.4, -0.2) is 13.1 Å². The first-order valence-electron chi connectivity index (χ1n) is 4.37. The van der Waals surface area contributed by atoms with Gasteiger partial charge in [0.15, 0.2) is 0 Å². The Morgan fingerprint density at radius 3 is 3.25 bits per heavy atom. The van der Waals surface area contributed by atoms with Crippen molar-refractivity contribution in [2.75, 3.05) is 13.1 Å². The fourth-order valence-electron chi connectivity index (χ4n) is 1.46. The van der Waals surface area contributed by atoms with Crippen molar-refractivity contribution < 1.29 is 4.42 Å². The van der Waals surface area contributed by atoms with E-state index in [1.54, 1.807) is 6.26 Å². The third-order valence-corrected chi connectivity index (χ3v) is 2.17. The van der Waals surface area contributed by atoms with Gasteiger partial charge in [-0.15, -0.1) is 0 Å². The van der Waals surface area contributed by atoms with E-state index < -0.39 is 0 Å². The SMILES string of the molecule is C(=C\C1CCNC1)/c1ccco1. The summed E-state index contributed by atoms with van der Waals surface area (Å²) in [6.07, 6.45) is 7.22. The minimum atomic E-state index is 0.690. The molecule has 1 saturated heterocycles. The van der Waals surface area contributed by atoms with E-state index >= 15 is 0 Å². The molecule has 1 aliphatic rings. The van der Waals surface area contributed by atoms with Gasteiger partial charge in [0.25, 0.3) is 0 Å². The van der Waals surface area contributed by atoms with E-state index in [1.165, 1.54) is 6.42 Å². The minimum absolute atomic E-state index is 0.690. The Labute approximate surface area is 72.3 Å². The zero-order valence-corrected chi connectivity index (χ0v) is 6.99. The summed E-state index contributed by atoms with van der Waals surface area (Å²) >= 11 is 0. The molecule has 2 rings (SSSR count). The van der Waals surface area contributed by atoms with Crippen LogP contribution < -0.4 is 5.32 Å². The molecule has 1 aromatic heterocycles. The fourth-order valence-corrected chi connectivity index (χ4v) is 1.46. The largest absolute Gasteiger partial charge is 0.465 e. The number of nitrogens with one attached hydrogen (secondary N) is 1. The van der Waals surface area contributed by atoms with Gasteiger partial charge in [-0.2, -0.15) is 0 Å². The molecule has 0 aromatic carbocycles. The molecule has 0 amide bonds. The third kappa shape index (κ3) is 1.77. The van der Waals surface area contributed by atoms with Crippen LogP contribution in [0.4, 0.5) is 0 Å². The molecule has 1 aromatic rings. The van der Waals surface area contributed by atoms with Gasteiger partial charge in [-0.1, -0.05) is 6.08 Å². The second-order valence-corrected chi connectivity index (χ2v) is 3.13. The Morgan fingerprint density at radius 1 is 1.58 bits per heavy atom. The fraction of sp³-hybridized carbons (Fsp3) is 0.400. The van der Waals surface area contributed by atoms with Crippen molar-refractivity contribution in [1.29, 1.82) is 0 Å². The Bertz CT molecular complexity index is 245. The second-order valence-electron chi connectivity index (χ2n) is 3.13. The Balaban J connectivity index is 1.93. The van der Waals surface area contributed by atoms with E-state index in [9.17, 15) is 0 Å². The molecule has 1 aliphatic heterocycles. The van der Waals surface area contributed by atoms with Crippen molar-refractivity contribution in [2.45, 2.75) is 6.42 Å². The van der Waals surface area contributed by atoms with Gasteiger partial charge in [-0.25, -0.2) is 0 Å². The van der Waals surface area contributed by atoms with E-state index in [-0.39, 0.29) is 0 Å². The molecule has 2 heterocycles. The molecule has 1 unspecified atom stereocenters. The molecule has 64 valence electrons. The highest BCUT2D eigenvalue weighted by Crippen LogP contribution is 2.11. The number of hydrogen-bond acceptors (Lipinski definition) is 2. The van der Waals surface area contributed by atoms with E-state index in [4.69, 9.17) is 4.42 Å². The van der Waals surface area contributed by atoms with E-state index in [0.29, 0.717) is 5.92 Å². The van der Waals surface area contributed by atoms with Gasteiger partial charge in [-0.05, 0) is 37.1 Å². The highest BCUT2D eigenvalue weighted by atomic mass is 16.3. The molecular weight excluding hydrogens is 150 g/mol. The van der Waals surface area contributed by atoms with Gasteiger partial charge in [0, 0.05) is 6.54 Å². The first-order valence-corrected chi connectivity index (χ1v) is 4.37. The molecule has 0 bridgehead atoms. The summed E-state index contributed by atoms with van der Waals surface area (Å²) in [5, 5.41) is 3.32. The lowest BCUT2D eigenvalue weighted by atomic mass is 10.1. The minimum Gasteiger partial charge on any atom is -0.465 e. The predicted molar refractivity (Wildman–Crippen MR) is 48.7 cm³/mol. The lowest BCUT2D eigenvalue weighted by Gasteiger charge is -1.97. The van der Waals surface area contributed by atoms with Crippen LogP contribution in [0.25, 0.3) is 6.08 Å². The summed E-state index contributed by atoms with van der Waals surface area (Å²) < 4.78 is 5.19. The van der Waals surface area contributed by atoms with Gasteiger partial charge in [0.2, 0.25) is 0 Å². The van der Waals surface area contributed by atoms with Crippen molar-refractivity contribution >= 4 is 6.08 Å². The summed E-state index contributed by atoms with van der Waals surface area (Å²) in [5.74, 6) is 1.64. The molecule has 0 aliphatic carbocycles. The predicted octanol–water partition coefficient (Wildman–Crippen LogP) is 1.90. The summed E-state index contributed by atoms with van der Waals surface area (Å²) in [6, 6.07) is 3.88. The van der Waals surface area contributed by atoms with Crippen LogP contribution in [0.1, 0.15) is 12.2 Å². The Kier molecular flexibility index (Phi) is 2.28. The van der Waals surface area contributed by atoms with E-state index in [2.05, 4.69) is 17.5 Å². The first kappa shape index (κ1) is 7.62. The average Bonchev–Trinajstić information content (AvgIpc) is 2.74. The van der Waals surface area contributed by atoms with Crippen molar-refractivity contribution in [3.05, 3.63) is 30.2 Å². The maximum absolute atomic E-state index is 5.19. The molecule has 0 radical (unpaired) electrons. The van der Waals surface area contributed by atoms with Gasteiger partial charge in [0.1, 0.15) is 5.76 Å². The van der Waals surface area contributed by atoms with Crippen LogP contribution in [-0.2, 0) is 0 Å². The topological polar surface area (TPSA) is 25.2 Å². The molecule has 1 N–H and O–H groups in total. The maximum atomic E-state index is 5.19. The van der Waals surface area contributed by atoms with E-state index in [1.807, 2.05) is 12.1 Å². The molecule has 1 atom stereocenters. The van der Waals surface area contributed by atoms with Crippen LogP contribution in [0.3, 0.4) is 0 Å². The summed E-state index contributed by atoms with van der Waals surface area (Å²) in [4.78, 5) is 0. The van der Waals surface area contributed by atoms with Crippen LogP contribution in [0.15, 0.2) is 28.9 Å². The highest BCUT2D eigenvalue weighted by Gasteiger charge is 2.10. The monoisotopic (exact) mass is 163 g/mol. The van der Waals surface area contributed by atoms with Crippen LogP contribution in [0.2, 0.25) is 0 Å². The average molecular weight is 163 g/mol. The van der Waals surface area contributed by atoms with Crippen molar-refractivity contribution in [2.24, 2.45) is 5.92 Å². The first-order chi connectivity index (χ1) is 5.95. The van der Waals surface area contributed by atoms with Gasteiger partial charge in [-0.3, -0.25) is 0 Å². The summed E-state index contributed by atoms with van der Waals surface area (Å²) in [5.41, 5.74) is 0. The molecule has 2 heteroatoms. The molecular formula is C10H13NO. The molecule has 0 spiro atoms. The van der Waals surface area contributed by atoms with Crippen LogP contribution in [0, 0.1) is 5.92 Å². The Hall–Kier alpha value is -1.02. The maximum Gasteiger partial charge on any atom is 0.126 e. The van der Waals surface area contributed by atoms with Crippen LogP contribution >= 0.6 is 0 Å². The number of hydrogen-bond donors (Lipinski definition) is 1. The molecule has 2 nitrogen and oxygen atoms in total. The van der Waals surface area contributed by atoms with Gasteiger partial charge in [0.05, 0.1) is 6.26 Å². The summed E-state index contributed by atoms with van der Waals surface area (Å²) in [7, 11) is 0. The van der Waals surface area contributed by atoms with Crippen molar-refractivity contribution in [1.82, 2.24) is 5.32 Å². The van der Waals surface area contributed by atoms with Crippen molar-refractivity contribution in [3.63, 3.8) is 0 Å². The van der Waals surface area contributed by atoms with Crippen molar-refractivity contribution in [3.8, 4) is 0 Å². The molecule has 12 heavy (non-hydrogen) atoms. The lowest BCUT2D eigenvalue weighted by molar-refractivity contribution is 0.556. The zero-order chi connectivity index (χ0) is 8.23. The van der Waals surface area contributed by atoms with Crippen LogP contribution in [0.5, 0.6) is 0 Å². The third-order valence-electron chi connectivity index (χ3n) is 2.17. The highest BCUT2D eigenvalue weighted by molar-refractivity contribution is 5.42. The Morgan fingerprint density at radius 2 is 2.58 bits per heavy atom. The zero-order valence-electron chi connectivity index (χ0n) is 6.99. The van der Waals surface area contributed by atoms with E-state index in [0.717, 1.165) is 18.8 Å². The number of rotatable bonds is 2. The molecule has 0 saturated carbocycles.